The number of morpholine rings is 1. The predicted octanol–water partition coefficient (Wildman–Crippen LogP) is 2.51. The molecule has 21 heavy (non-hydrogen) atoms. The van der Waals surface area contributed by atoms with Crippen molar-refractivity contribution in [1.29, 1.82) is 0 Å². The van der Waals surface area contributed by atoms with E-state index in [2.05, 4.69) is 17.1 Å². The molecule has 1 saturated heterocycles. The highest BCUT2D eigenvalue weighted by molar-refractivity contribution is 5.06. The van der Waals surface area contributed by atoms with Crippen LogP contribution in [0.1, 0.15) is 45.4 Å². The average Bonchev–Trinajstić information content (AvgIpc) is 2.46. The zero-order valence-electron chi connectivity index (χ0n) is 13.8. The summed E-state index contributed by atoms with van der Waals surface area (Å²) in [7, 11) is 2.03. The predicted molar refractivity (Wildman–Crippen MR) is 85.3 cm³/mol. The van der Waals surface area contributed by atoms with E-state index < -0.39 is 0 Å². The standard InChI is InChI=1S/C18H32N2O/c1-13(20-3-4-21-17(12-20)11-19-2)18-8-14-5-15(9-18)7-16(6-14)10-18/h13-17,19H,3-12H2,1-2H3. The summed E-state index contributed by atoms with van der Waals surface area (Å²) in [6.45, 7) is 6.72. The minimum Gasteiger partial charge on any atom is -0.374 e. The minimum atomic E-state index is 0.389. The smallest absolute Gasteiger partial charge is 0.0826 e. The fraction of sp³-hybridized carbons (Fsp3) is 1.00. The Morgan fingerprint density at radius 2 is 1.76 bits per heavy atom. The highest BCUT2D eigenvalue weighted by Crippen LogP contribution is 2.61. The third-order valence-electron chi connectivity index (χ3n) is 7.12. The molecule has 0 radical (unpaired) electrons. The Labute approximate surface area is 129 Å². The first-order chi connectivity index (χ1) is 10.2. The summed E-state index contributed by atoms with van der Waals surface area (Å²) in [6, 6.07) is 0.758. The molecule has 0 aromatic heterocycles. The van der Waals surface area contributed by atoms with Crippen LogP contribution in [0.5, 0.6) is 0 Å². The van der Waals surface area contributed by atoms with Gasteiger partial charge in [-0.1, -0.05) is 0 Å². The average molecular weight is 292 g/mol. The molecule has 1 aliphatic heterocycles. The molecule has 5 aliphatic rings. The molecule has 5 rings (SSSR count). The Bertz CT molecular complexity index is 346. The third kappa shape index (κ3) is 2.55. The van der Waals surface area contributed by atoms with Crippen LogP contribution in [0.2, 0.25) is 0 Å². The van der Waals surface area contributed by atoms with E-state index in [1.54, 1.807) is 19.3 Å². The van der Waals surface area contributed by atoms with E-state index >= 15 is 0 Å². The van der Waals surface area contributed by atoms with Crippen molar-refractivity contribution < 1.29 is 4.74 Å². The number of rotatable bonds is 4. The number of hydrogen-bond acceptors (Lipinski definition) is 3. The summed E-state index contributed by atoms with van der Waals surface area (Å²) in [5.41, 5.74) is 0.649. The number of likely N-dealkylation sites (N-methyl/N-ethyl adjacent to an activating group) is 1. The van der Waals surface area contributed by atoms with E-state index in [-0.39, 0.29) is 0 Å². The molecule has 2 unspecified atom stereocenters. The highest BCUT2D eigenvalue weighted by atomic mass is 16.5. The summed E-state index contributed by atoms with van der Waals surface area (Å²) in [5, 5.41) is 3.28. The third-order valence-corrected chi connectivity index (χ3v) is 7.12. The molecule has 0 aromatic carbocycles. The second kappa shape index (κ2) is 5.50. The van der Waals surface area contributed by atoms with Gasteiger partial charge < -0.3 is 10.1 Å². The molecule has 3 heteroatoms. The van der Waals surface area contributed by atoms with Gasteiger partial charge in [0.25, 0.3) is 0 Å². The van der Waals surface area contributed by atoms with Crippen molar-refractivity contribution in [2.24, 2.45) is 23.2 Å². The Morgan fingerprint density at radius 1 is 1.14 bits per heavy atom. The molecule has 120 valence electrons. The lowest BCUT2D eigenvalue weighted by molar-refractivity contribution is -0.121. The molecule has 0 aromatic rings. The van der Waals surface area contributed by atoms with E-state index in [1.165, 1.54) is 19.3 Å². The van der Waals surface area contributed by atoms with Crippen LogP contribution in [0.4, 0.5) is 0 Å². The lowest BCUT2D eigenvalue weighted by atomic mass is 9.47. The molecule has 0 spiro atoms. The molecule has 0 amide bonds. The summed E-state index contributed by atoms with van der Waals surface area (Å²) in [4.78, 5) is 2.76. The van der Waals surface area contributed by atoms with Crippen LogP contribution in [-0.2, 0) is 4.74 Å². The van der Waals surface area contributed by atoms with Gasteiger partial charge in [0, 0.05) is 25.7 Å². The van der Waals surface area contributed by atoms with Gasteiger partial charge in [-0.15, -0.1) is 0 Å². The topological polar surface area (TPSA) is 24.5 Å². The van der Waals surface area contributed by atoms with E-state index in [9.17, 15) is 0 Å². The Morgan fingerprint density at radius 3 is 2.33 bits per heavy atom. The number of ether oxygens (including phenoxy) is 1. The summed E-state index contributed by atoms with van der Waals surface area (Å²) < 4.78 is 5.91. The maximum absolute atomic E-state index is 5.91. The number of hydrogen-bond donors (Lipinski definition) is 1. The van der Waals surface area contributed by atoms with Crippen LogP contribution >= 0.6 is 0 Å². The fourth-order valence-electron chi connectivity index (χ4n) is 6.52. The zero-order chi connectivity index (χ0) is 14.4. The molecule has 4 bridgehead atoms. The van der Waals surface area contributed by atoms with Crippen LogP contribution in [0, 0.1) is 23.2 Å². The number of nitrogens with one attached hydrogen (secondary N) is 1. The van der Waals surface area contributed by atoms with Crippen molar-refractivity contribution in [3.63, 3.8) is 0 Å². The Kier molecular flexibility index (Phi) is 3.79. The normalized spacial score (nSPS) is 47.7. The quantitative estimate of drug-likeness (QED) is 0.861. The number of nitrogens with zero attached hydrogens (tertiary/aromatic N) is 1. The Hall–Kier alpha value is -0.120. The van der Waals surface area contributed by atoms with Crippen molar-refractivity contribution in [3.8, 4) is 0 Å². The molecule has 4 aliphatic carbocycles. The van der Waals surface area contributed by atoms with Gasteiger partial charge >= 0.3 is 0 Å². The van der Waals surface area contributed by atoms with Crippen LogP contribution in [-0.4, -0.2) is 50.3 Å². The lowest BCUT2D eigenvalue weighted by Gasteiger charge is -2.61. The molecular weight excluding hydrogens is 260 g/mol. The summed E-state index contributed by atoms with van der Waals surface area (Å²) in [5.74, 6) is 3.19. The first-order valence-corrected chi connectivity index (χ1v) is 9.19. The highest BCUT2D eigenvalue weighted by Gasteiger charge is 2.54. The molecule has 2 atom stereocenters. The fourth-order valence-corrected chi connectivity index (χ4v) is 6.52. The second-order valence-corrected chi connectivity index (χ2v) is 8.50. The largest absolute Gasteiger partial charge is 0.374 e. The summed E-state index contributed by atoms with van der Waals surface area (Å²) >= 11 is 0. The maximum Gasteiger partial charge on any atom is 0.0826 e. The SMILES string of the molecule is CNCC1CN(C(C)C23CC4CC(CC(C4)C2)C3)CCO1. The van der Waals surface area contributed by atoms with Gasteiger partial charge in [-0.3, -0.25) is 4.90 Å². The molecule has 5 fully saturated rings. The second-order valence-electron chi connectivity index (χ2n) is 8.50. The van der Waals surface area contributed by atoms with E-state index in [4.69, 9.17) is 4.74 Å². The molecular formula is C18H32N2O. The van der Waals surface area contributed by atoms with Gasteiger partial charge in [0.15, 0.2) is 0 Å². The Balaban J connectivity index is 1.47. The molecule has 1 N–H and O–H groups in total. The van der Waals surface area contributed by atoms with Crippen LogP contribution in [0.15, 0.2) is 0 Å². The van der Waals surface area contributed by atoms with E-state index in [0.717, 1.165) is 50.0 Å². The van der Waals surface area contributed by atoms with Gasteiger partial charge in [-0.05, 0) is 75.7 Å². The van der Waals surface area contributed by atoms with Crippen molar-refractivity contribution in [2.75, 3.05) is 33.3 Å². The first-order valence-electron chi connectivity index (χ1n) is 9.19. The van der Waals surface area contributed by atoms with Gasteiger partial charge in [0.2, 0.25) is 0 Å². The van der Waals surface area contributed by atoms with Crippen LogP contribution in [0.3, 0.4) is 0 Å². The molecule has 1 heterocycles. The van der Waals surface area contributed by atoms with Gasteiger partial charge in [-0.2, -0.15) is 0 Å². The van der Waals surface area contributed by atoms with Crippen LogP contribution < -0.4 is 5.32 Å². The van der Waals surface area contributed by atoms with Crippen molar-refractivity contribution in [3.05, 3.63) is 0 Å². The monoisotopic (exact) mass is 292 g/mol. The van der Waals surface area contributed by atoms with Crippen molar-refractivity contribution >= 4 is 0 Å². The first kappa shape index (κ1) is 14.5. The summed E-state index contributed by atoms with van der Waals surface area (Å²) in [6.07, 6.45) is 9.61. The van der Waals surface area contributed by atoms with Crippen molar-refractivity contribution in [1.82, 2.24) is 10.2 Å². The molecule has 3 nitrogen and oxygen atoms in total. The van der Waals surface area contributed by atoms with Crippen LogP contribution in [0.25, 0.3) is 0 Å². The zero-order valence-corrected chi connectivity index (χ0v) is 13.8. The van der Waals surface area contributed by atoms with Crippen molar-refractivity contribution in [2.45, 2.75) is 57.6 Å². The van der Waals surface area contributed by atoms with E-state index in [1.807, 2.05) is 7.05 Å². The maximum atomic E-state index is 5.91. The van der Waals surface area contributed by atoms with Gasteiger partial charge in [0.05, 0.1) is 12.7 Å². The van der Waals surface area contributed by atoms with E-state index in [0.29, 0.717) is 11.5 Å². The lowest BCUT2D eigenvalue weighted by Crippen LogP contribution is -2.59. The molecule has 4 saturated carbocycles. The minimum absolute atomic E-state index is 0.389. The van der Waals surface area contributed by atoms with Gasteiger partial charge in [-0.25, -0.2) is 0 Å². The van der Waals surface area contributed by atoms with Gasteiger partial charge in [0.1, 0.15) is 0 Å².